The Hall–Kier alpha value is -2.37. The van der Waals surface area contributed by atoms with Crippen LogP contribution in [0.1, 0.15) is 63.0 Å². The van der Waals surface area contributed by atoms with Crippen LogP contribution in [0.4, 0.5) is 0 Å². The monoisotopic (exact) mass is 360 g/mol. The van der Waals surface area contributed by atoms with E-state index in [2.05, 4.69) is 5.32 Å². The van der Waals surface area contributed by atoms with Crippen LogP contribution in [0, 0.1) is 0 Å². The number of aliphatic carboxylic acids is 1. The normalized spacial score (nSPS) is 15.5. The number of nitrogens with one attached hydrogen (secondary N) is 1. The van der Waals surface area contributed by atoms with Crippen LogP contribution < -0.4 is 5.32 Å². The molecule has 0 aromatic heterocycles. The quantitative estimate of drug-likeness (QED) is 0.628. The van der Waals surface area contributed by atoms with E-state index in [4.69, 9.17) is 5.11 Å². The number of carboxylic acid groups (broad SMARTS) is 1. The van der Waals surface area contributed by atoms with Crippen molar-refractivity contribution in [2.75, 3.05) is 13.1 Å². The average Bonchev–Trinajstić information content (AvgIpc) is 2.63. The number of carboxylic acids is 1. The summed E-state index contributed by atoms with van der Waals surface area (Å²) in [6, 6.07) is 8.86. The van der Waals surface area contributed by atoms with Crippen molar-refractivity contribution in [3.63, 3.8) is 0 Å². The van der Waals surface area contributed by atoms with E-state index in [1.807, 2.05) is 30.3 Å². The molecule has 0 saturated carbocycles. The van der Waals surface area contributed by atoms with Crippen LogP contribution >= 0.6 is 0 Å². The number of carbonyl (C=O) groups is 3. The topological polar surface area (TPSA) is 86.7 Å². The summed E-state index contributed by atoms with van der Waals surface area (Å²) < 4.78 is 0. The van der Waals surface area contributed by atoms with Crippen molar-refractivity contribution in [3.8, 4) is 0 Å². The number of likely N-dealkylation sites (tertiary alicyclic amines) is 1. The maximum atomic E-state index is 12.8. The summed E-state index contributed by atoms with van der Waals surface area (Å²) in [6.45, 7) is 1.15. The number of amides is 2. The van der Waals surface area contributed by atoms with Gasteiger partial charge in [0.1, 0.15) is 6.04 Å². The van der Waals surface area contributed by atoms with E-state index >= 15 is 0 Å². The minimum Gasteiger partial charge on any atom is -0.481 e. The zero-order valence-electron chi connectivity index (χ0n) is 15.2. The van der Waals surface area contributed by atoms with Gasteiger partial charge in [0.25, 0.3) is 0 Å². The third-order valence-electron chi connectivity index (χ3n) is 4.65. The second kappa shape index (κ2) is 10.6. The average molecular weight is 360 g/mol. The van der Waals surface area contributed by atoms with Gasteiger partial charge in [0.2, 0.25) is 11.8 Å². The molecule has 1 aromatic rings. The molecule has 1 aliphatic rings. The third-order valence-corrected chi connectivity index (χ3v) is 4.65. The number of nitrogens with zero attached hydrogens (tertiary/aromatic N) is 1. The molecule has 0 aliphatic carbocycles. The molecule has 0 bridgehead atoms. The molecular formula is C20H28N2O4. The fourth-order valence-corrected chi connectivity index (χ4v) is 3.27. The number of hydrogen-bond donors (Lipinski definition) is 2. The number of unbranched alkanes of at least 4 members (excludes halogenated alkanes) is 3. The molecule has 2 rings (SSSR count). The van der Waals surface area contributed by atoms with Gasteiger partial charge in [-0.15, -0.1) is 0 Å². The lowest BCUT2D eigenvalue weighted by Crippen LogP contribution is -2.45. The molecule has 1 aromatic carbocycles. The van der Waals surface area contributed by atoms with E-state index in [-0.39, 0.29) is 18.2 Å². The summed E-state index contributed by atoms with van der Waals surface area (Å²) in [5.41, 5.74) is 0.835. The predicted molar refractivity (Wildman–Crippen MR) is 98.5 cm³/mol. The lowest BCUT2D eigenvalue weighted by molar-refractivity contribution is -0.142. The van der Waals surface area contributed by atoms with Crippen molar-refractivity contribution in [2.45, 2.75) is 57.4 Å². The molecule has 6 nitrogen and oxygen atoms in total. The van der Waals surface area contributed by atoms with E-state index in [1.54, 1.807) is 4.90 Å². The van der Waals surface area contributed by atoms with Crippen LogP contribution in [-0.2, 0) is 14.4 Å². The van der Waals surface area contributed by atoms with Gasteiger partial charge in [0, 0.05) is 25.9 Å². The van der Waals surface area contributed by atoms with Gasteiger partial charge in [-0.25, -0.2) is 0 Å². The van der Waals surface area contributed by atoms with E-state index in [0.717, 1.165) is 37.7 Å². The Morgan fingerprint density at radius 2 is 1.81 bits per heavy atom. The molecule has 142 valence electrons. The number of carbonyl (C=O) groups excluding carboxylic acids is 2. The van der Waals surface area contributed by atoms with E-state index < -0.39 is 12.0 Å². The molecule has 26 heavy (non-hydrogen) atoms. The van der Waals surface area contributed by atoms with E-state index in [9.17, 15) is 14.4 Å². The molecule has 1 fully saturated rings. The maximum Gasteiger partial charge on any atom is 0.303 e. The molecule has 2 N–H and O–H groups in total. The highest BCUT2D eigenvalue weighted by Gasteiger charge is 2.32. The van der Waals surface area contributed by atoms with Gasteiger partial charge in [0.15, 0.2) is 0 Å². The molecule has 1 heterocycles. The number of benzene rings is 1. The number of hydrogen-bond acceptors (Lipinski definition) is 3. The standard InChI is InChI=1S/C20H28N2O4/c23-17-12-7-9-15-22(17)19(16-10-4-3-5-11-16)20(26)21-14-8-2-1-6-13-18(24)25/h3-5,10-11,19H,1-2,6-9,12-15H2,(H,21,26)(H,24,25). The van der Waals surface area contributed by atoms with Crippen molar-refractivity contribution in [2.24, 2.45) is 0 Å². The van der Waals surface area contributed by atoms with Crippen LogP contribution in [0.15, 0.2) is 30.3 Å². The maximum absolute atomic E-state index is 12.8. The van der Waals surface area contributed by atoms with E-state index in [1.165, 1.54) is 0 Å². The number of piperidine rings is 1. The summed E-state index contributed by atoms with van der Waals surface area (Å²) in [5.74, 6) is -0.874. The summed E-state index contributed by atoms with van der Waals surface area (Å²) in [6.07, 6.45) is 5.69. The van der Waals surface area contributed by atoms with Crippen molar-refractivity contribution < 1.29 is 19.5 Å². The Balaban J connectivity index is 1.88. The van der Waals surface area contributed by atoms with Gasteiger partial charge in [0.05, 0.1) is 0 Å². The van der Waals surface area contributed by atoms with Gasteiger partial charge < -0.3 is 15.3 Å². The second-order valence-electron chi connectivity index (χ2n) is 6.71. The fourth-order valence-electron chi connectivity index (χ4n) is 3.27. The minimum atomic E-state index is -0.768. The first kappa shape index (κ1) is 19.9. The van der Waals surface area contributed by atoms with E-state index in [0.29, 0.717) is 25.9 Å². The molecule has 0 radical (unpaired) electrons. The molecule has 2 amide bonds. The highest BCUT2D eigenvalue weighted by Crippen LogP contribution is 2.25. The lowest BCUT2D eigenvalue weighted by Gasteiger charge is -2.34. The molecular weight excluding hydrogens is 332 g/mol. The Morgan fingerprint density at radius 1 is 1.08 bits per heavy atom. The third kappa shape index (κ3) is 6.17. The van der Waals surface area contributed by atoms with Crippen molar-refractivity contribution in [1.82, 2.24) is 10.2 Å². The Labute approximate surface area is 154 Å². The highest BCUT2D eigenvalue weighted by atomic mass is 16.4. The van der Waals surface area contributed by atoms with Crippen molar-refractivity contribution in [3.05, 3.63) is 35.9 Å². The van der Waals surface area contributed by atoms with Crippen LogP contribution in [0.2, 0.25) is 0 Å². The zero-order chi connectivity index (χ0) is 18.8. The molecule has 6 heteroatoms. The minimum absolute atomic E-state index is 0.0360. The number of rotatable bonds is 10. The first-order valence-electron chi connectivity index (χ1n) is 9.43. The van der Waals surface area contributed by atoms with Crippen molar-refractivity contribution in [1.29, 1.82) is 0 Å². The van der Waals surface area contributed by atoms with Gasteiger partial charge in [-0.2, -0.15) is 0 Å². The van der Waals surface area contributed by atoms with Crippen molar-refractivity contribution >= 4 is 17.8 Å². The Bertz CT molecular complexity index is 603. The van der Waals surface area contributed by atoms with Crippen LogP contribution in [-0.4, -0.2) is 40.9 Å². The summed E-state index contributed by atoms with van der Waals surface area (Å²) in [5, 5.41) is 11.6. The Kier molecular flexibility index (Phi) is 8.12. The SMILES string of the molecule is O=C(O)CCCCCCNC(=O)C(c1ccccc1)N1CCCCC1=O. The zero-order valence-corrected chi connectivity index (χ0v) is 15.2. The lowest BCUT2D eigenvalue weighted by atomic mass is 10.0. The molecule has 1 atom stereocenters. The van der Waals surface area contributed by atoms with Crippen LogP contribution in [0.5, 0.6) is 0 Å². The highest BCUT2D eigenvalue weighted by molar-refractivity contribution is 5.89. The molecule has 1 saturated heterocycles. The first-order chi connectivity index (χ1) is 12.6. The summed E-state index contributed by atoms with van der Waals surface area (Å²) >= 11 is 0. The van der Waals surface area contributed by atoms with Gasteiger partial charge in [-0.3, -0.25) is 14.4 Å². The molecule has 0 spiro atoms. The second-order valence-corrected chi connectivity index (χ2v) is 6.71. The Morgan fingerprint density at radius 3 is 2.50 bits per heavy atom. The molecule has 1 aliphatic heterocycles. The largest absolute Gasteiger partial charge is 0.481 e. The summed E-state index contributed by atoms with van der Waals surface area (Å²) in [7, 11) is 0. The van der Waals surface area contributed by atoms with Gasteiger partial charge in [-0.05, 0) is 31.2 Å². The summed E-state index contributed by atoms with van der Waals surface area (Å²) in [4.78, 5) is 37.3. The van der Waals surface area contributed by atoms with Gasteiger partial charge >= 0.3 is 5.97 Å². The smallest absolute Gasteiger partial charge is 0.303 e. The van der Waals surface area contributed by atoms with Crippen LogP contribution in [0.25, 0.3) is 0 Å². The van der Waals surface area contributed by atoms with Crippen LogP contribution in [0.3, 0.4) is 0 Å². The van der Waals surface area contributed by atoms with Gasteiger partial charge in [-0.1, -0.05) is 43.2 Å². The molecule has 1 unspecified atom stereocenters. The fraction of sp³-hybridized carbons (Fsp3) is 0.550. The predicted octanol–water partition coefficient (Wildman–Crippen LogP) is 2.89. The first-order valence-corrected chi connectivity index (χ1v) is 9.43.